The number of rotatable bonds is 9. The van der Waals surface area contributed by atoms with Gasteiger partial charge in [-0.05, 0) is 38.3 Å². The molecule has 7 heteroatoms. The van der Waals surface area contributed by atoms with E-state index in [9.17, 15) is 9.90 Å². The number of imidazole rings is 1. The van der Waals surface area contributed by atoms with Gasteiger partial charge < -0.3 is 25.4 Å². The molecule has 31 heavy (non-hydrogen) atoms. The number of allylic oxidation sites excluding steroid dienone is 3. The molecule has 0 aliphatic carbocycles. The molecule has 2 unspecified atom stereocenters. The van der Waals surface area contributed by atoms with E-state index in [2.05, 4.69) is 36.8 Å². The number of hydrogen-bond donors (Lipinski definition) is 3. The quantitative estimate of drug-likeness (QED) is 0.418. The van der Waals surface area contributed by atoms with Crippen LogP contribution in [0.4, 0.5) is 0 Å². The summed E-state index contributed by atoms with van der Waals surface area (Å²) in [5.74, 6) is 0.648. The number of hydrogen-bond acceptors (Lipinski definition) is 5. The molecule has 2 atom stereocenters. The number of aryl methyl sites for hydroxylation is 1. The summed E-state index contributed by atoms with van der Waals surface area (Å²) in [5, 5.41) is 11.9. The third kappa shape index (κ3) is 12.5. The van der Waals surface area contributed by atoms with Gasteiger partial charge in [-0.25, -0.2) is 4.98 Å². The predicted octanol–water partition coefficient (Wildman–Crippen LogP) is 2.99. The number of nitrogens with two attached hydrogens (primary N) is 1. The van der Waals surface area contributed by atoms with E-state index in [1.807, 2.05) is 47.9 Å². The van der Waals surface area contributed by atoms with Crippen LogP contribution in [0, 0.1) is 12.8 Å². The number of aldehydes is 1. The van der Waals surface area contributed by atoms with Gasteiger partial charge in [0.05, 0.1) is 18.2 Å². The molecule has 2 heterocycles. The lowest BCUT2D eigenvalue weighted by molar-refractivity contribution is -0.120. The summed E-state index contributed by atoms with van der Waals surface area (Å²) in [5.41, 5.74) is 7.85. The van der Waals surface area contributed by atoms with Crippen molar-refractivity contribution in [3.05, 3.63) is 60.6 Å². The van der Waals surface area contributed by atoms with Crippen molar-refractivity contribution < 1.29 is 14.7 Å². The second kappa shape index (κ2) is 17.0. The van der Waals surface area contributed by atoms with Crippen LogP contribution in [0.15, 0.2) is 49.2 Å². The number of aliphatic hydroxyl groups is 1. The monoisotopic (exact) mass is 430 g/mol. The first-order valence-electron chi connectivity index (χ1n) is 10.6. The van der Waals surface area contributed by atoms with Crippen molar-refractivity contribution in [2.75, 3.05) is 13.1 Å². The van der Waals surface area contributed by atoms with Crippen molar-refractivity contribution in [2.45, 2.75) is 53.1 Å². The maximum atomic E-state index is 11.7. The van der Waals surface area contributed by atoms with E-state index in [-0.39, 0.29) is 25.4 Å². The first-order chi connectivity index (χ1) is 14.8. The zero-order valence-corrected chi connectivity index (χ0v) is 19.3. The fourth-order valence-corrected chi connectivity index (χ4v) is 2.40. The summed E-state index contributed by atoms with van der Waals surface area (Å²) in [4.78, 5) is 24.9. The molecule has 2 rings (SSSR count). The Morgan fingerprint density at radius 1 is 1.42 bits per heavy atom. The van der Waals surface area contributed by atoms with Crippen molar-refractivity contribution in [3.63, 3.8) is 0 Å². The Bertz CT molecular complexity index is 814. The highest BCUT2D eigenvalue weighted by molar-refractivity contribution is 5.78. The van der Waals surface area contributed by atoms with Gasteiger partial charge in [0.25, 0.3) is 0 Å². The second-order valence-electron chi connectivity index (χ2n) is 7.15. The molecule has 0 saturated heterocycles. The Hall–Kier alpha value is -2.77. The van der Waals surface area contributed by atoms with Crippen LogP contribution in [-0.4, -0.2) is 45.9 Å². The van der Waals surface area contributed by atoms with E-state index in [1.165, 1.54) is 19.8 Å². The fraction of sp³-hybridized carbons (Fsp3) is 0.458. The van der Waals surface area contributed by atoms with Gasteiger partial charge in [-0.1, -0.05) is 51.1 Å². The van der Waals surface area contributed by atoms with Crippen LogP contribution >= 0.6 is 0 Å². The molecule has 172 valence electrons. The maximum absolute atomic E-state index is 11.7. The molecule has 0 radical (unpaired) electrons. The van der Waals surface area contributed by atoms with Gasteiger partial charge in [-0.15, -0.1) is 0 Å². The molecule has 2 aromatic rings. The highest BCUT2D eigenvalue weighted by atomic mass is 16.3. The summed E-state index contributed by atoms with van der Waals surface area (Å²) < 4.78 is 1.94. The van der Waals surface area contributed by atoms with E-state index in [0.29, 0.717) is 5.69 Å². The van der Waals surface area contributed by atoms with Crippen LogP contribution < -0.4 is 11.1 Å². The zero-order chi connectivity index (χ0) is 23.6. The smallest absolute Gasteiger partial charge is 0.226 e. The summed E-state index contributed by atoms with van der Waals surface area (Å²) in [6, 6.07) is 5.81. The topological polar surface area (TPSA) is 110 Å². The minimum atomic E-state index is -0.702. The summed E-state index contributed by atoms with van der Waals surface area (Å²) in [6.45, 7) is 11.8. The van der Waals surface area contributed by atoms with Gasteiger partial charge in [0.1, 0.15) is 11.9 Å². The Morgan fingerprint density at radius 3 is 2.65 bits per heavy atom. The van der Waals surface area contributed by atoms with Crippen LogP contribution in [-0.2, 0) is 16.0 Å². The summed E-state index contributed by atoms with van der Waals surface area (Å²) >= 11 is 0. The molecule has 0 saturated carbocycles. The van der Waals surface area contributed by atoms with Crippen LogP contribution in [0.5, 0.6) is 0 Å². The van der Waals surface area contributed by atoms with Gasteiger partial charge in [0.15, 0.2) is 0 Å². The SMILES string of the molecule is C=C/C=C\CC(C)CC.CC=O.Cc1cccc2nc(CC(=O)NCC(O)CN)cn12. The van der Waals surface area contributed by atoms with Crippen molar-refractivity contribution in [3.8, 4) is 0 Å². The number of nitrogens with one attached hydrogen (secondary N) is 1. The van der Waals surface area contributed by atoms with E-state index >= 15 is 0 Å². The Morgan fingerprint density at radius 2 is 2.10 bits per heavy atom. The van der Waals surface area contributed by atoms with E-state index in [4.69, 9.17) is 10.5 Å². The number of carbonyl (C=O) groups is 2. The minimum Gasteiger partial charge on any atom is -0.390 e. The average molecular weight is 431 g/mol. The lowest BCUT2D eigenvalue weighted by Gasteiger charge is -2.08. The molecule has 1 amide bonds. The Balaban J connectivity index is 0.000000631. The highest BCUT2D eigenvalue weighted by Crippen LogP contribution is 2.09. The van der Waals surface area contributed by atoms with Crippen molar-refractivity contribution in [1.82, 2.24) is 14.7 Å². The lowest BCUT2D eigenvalue weighted by atomic mass is 10.1. The number of fused-ring (bicyclic) bond motifs is 1. The molecule has 0 spiro atoms. The molecule has 0 fully saturated rings. The number of aromatic nitrogens is 2. The number of aliphatic hydroxyl groups excluding tert-OH is 1. The summed E-state index contributed by atoms with van der Waals surface area (Å²) in [6.07, 6.45) is 10.5. The Kier molecular flexibility index (Phi) is 15.5. The number of amides is 1. The fourth-order valence-electron chi connectivity index (χ4n) is 2.40. The van der Waals surface area contributed by atoms with Crippen LogP contribution in [0.1, 0.15) is 45.0 Å². The van der Waals surface area contributed by atoms with Gasteiger partial charge >= 0.3 is 0 Å². The van der Waals surface area contributed by atoms with Crippen molar-refractivity contribution in [2.24, 2.45) is 11.7 Å². The standard InChI is InChI=1S/C13H18N4O2.C9H16.C2H4O/c1-9-3-2-4-12-16-10(8-17(9)12)5-13(19)15-7-11(18)6-14;1-4-6-7-8-9(3)5-2;1-2-3/h2-4,8,11,18H,5-7,14H2,1H3,(H,15,19);4,6-7,9H,1,5,8H2,2-3H3;2H,1H3/b;7-6-;. The van der Waals surface area contributed by atoms with Gasteiger partial charge in [0, 0.05) is 25.0 Å². The lowest BCUT2D eigenvalue weighted by Crippen LogP contribution is -2.36. The molecule has 0 aromatic carbocycles. The molecule has 7 nitrogen and oxygen atoms in total. The third-order valence-electron chi connectivity index (χ3n) is 4.40. The Labute approximate surface area is 186 Å². The van der Waals surface area contributed by atoms with Crippen molar-refractivity contribution >= 4 is 17.8 Å². The van der Waals surface area contributed by atoms with Gasteiger partial charge in [-0.2, -0.15) is 0 Å². The zero-order valence-electron chi connectivity index (χ0n) is 19.3. The predicted molar refractivity (Wildman–Crippen MR) is 127 cm³/mol. The maximum Gasteiger partial charge on any atom is 0.226 e. The highest BCUT2D eigenvalue weighted by Gasteiger charge is 2.09. The van der Waals surface area contributed by atoms with Crippen LogP contribution in [0.2, 0.25) is 0 Å². The largest absolute Gasteiger partial charge is 0.390 e. The van der Waals surface area contributed by atoms with Crippen LogP contribution in [0.25, 0.3) is 5.65 Å². The molecule has 0 aliphatic heterocycles. The number of carbonyl (C=O) groups excluding carboxylic acids is 2. The minimum absolute atomic E-state index is 0.133. The summed E-state index contributed by atoms with van der Waals surface area (Å²) in [7, 11) is 0. The molecular weight excluding hydrogens is 392 g/mol. The average Bonchev–Trinajstić information content (AvgIpc) is 3.17. The van der Waals surface area contributed by atoms with Gasteiger partial charge in [0.2, 0.25) is 5.91 Å². The third-order valence-corrected chi connectivity index (χ3v) is 4.40. The van der Waals surface area contributed by atoms with E-state index in [1.54, 1.807) is 0 Å². The normalized spacial score (nSPS) is 12.2. The van der Waals surface area contributed by atoms with Crippen LogP contribution in [0.3, 0.4) is 0 Å². The van der Waals surface area contributed by atoms with Crippen molar-refractivity contribution in [1.29, 1.82) is 0 Å². The van der Waals surface area contributed by atoms with Gasteiger partial charge in [-0.3, -0.25) is 4.79 Å². The second-order valence-corrected chi connectivity index (χ2v) is 7.15. The molecule has 2 aromatic heterocycles. The molecule has 0 bridgehead atoms. The molecule has 4 N–H and O–H groups in total. The van der Waals surface area contributed by atoms with E-state index in [0.717, 1.165) is 23.5 Å². The van der Waals surface area contributed by atoms with E-state index < -0.39 is 6.10 Å². The first kappa shape index (κ1) is 28.2. The molecule has 0 aliphatic rings. The first-order valence-corrected chi connectivity index (χ1v) is 10.6. The number of nitrogens with zero attached hydrogens (tertiary/aromatic N) is 2. The molecular formula is C24H38N4O3. The number of pyridine rings is 1.